The molecule has 2 heterocycles. The molecule has 0 atom stereocenters. The van der Waals surface area contributed by atoms with Gasteiger partial charge in [-0.3, -0.25) is 25.2 Å². The van der Waals surface area contributed by atoms with Gasteiger partial charge in [0.05, 0.1) is 21.1 Å². The number of amides is 1. The molecule has 0 aliphatic carbocycles. The molecule has 1 N–H and O–H groups in total. The Morgan fingerprint density at radius 2 is 1.90 bits per heavy atom. The summed E-state index contributed by atoms with van der Waals surface area (Å²) in [6.45, 7) is 3.83. The number of carbonyl (C=O) groups is 1. The van der Waals surface area contributed by atoms with Gasteiger partial charge in [0.15, 0.2) is 5.17 Å². The molecule has 0 spiro atoms. The van der Waals surface area contributed by atoms with Crippen LogP contribution in [-0.4, -0.2) is 16.0 Å². The first-order chi connectivity index (χ1) is 14.3. The third-order valence-corrected chi connectivity index (χ3v) is 5.58. The van der Waals surface area contributed by atoms with Crippen LogP contribution in [0.3, 0.4) is 0 Å². The topological polar surface area (TPSA) is 100 Å². The number of para-hydroxylation sites is 1. The maximum absolute atomic E-state index is 13.0. The minimum atomic E-state index is -0.463. The SMILES string of the molecule is Cc1ccc(C)c(N2C(=N)S/C(=C\c3ccc(-c4ccccc4[N+](=O)[O-])o3)C2=O)c1. The fourth-order valence-electron chi connectivity index (χ4n) is 3.21. The number of carbonyl (C=O) groups excluding carboxylic acids is 1. The lowest BCUT2D eigenvalue weighted by molar-refractivity contribution is -0.384. The van der Waals surface area contributed by atoms with Crippen molar-refractivity contribution in [2.24, 2.45) is 0 Å². The molecule has 7 nitrogen and oxygen atoms in total. The quantitative estimate of drug-likeness (QED) is 0.340. The van der Waals surface area contributed by atoms with E-state index in [4.69, 9.17) is 9.83 Å². The molecule has 1 saturated heterocycles. The first-order valence-corrected chi connectivity index (χ1v) is 9.90. The van der Waals surface area contributed by atoms with Gasteiger partial charge in [-0.25, -0.2) is 0 Å². The second-order valence-electron chi connectivity index (χ2n) is 6.82. The molecule has 30 heavy (non-hydrogen) atoms. The predicted octanol–water partition coefficient (Wildman–Crippen LogP) is 5.53. The molecule has 8 heteroatoms. The number of hydrogen-bond acceptors (Lipinski definition) is 6. The Kier molecular flexibility index (Phi) is 5.01. The zero-order valence-electron chi connectivity index (χ0n) is 16.2. The Morgan fingerprint density at radius 3 is 2.67 bits per heavy atom. The Balaban J connectivity index is 1.66. The smallest absolute Gasteiger partial charge is 0.280 e. The number of nitrogens with zero attached hydrogens (tertiary/aromatic N) is 2. The van der Waals surface area contributed by atoms with Gasteiger partial charge in [0, 0.05) is 12.1 Å². The number of anilines is 1. The number of aryl methyl sites for hydroxylation is 2. The molecule has 1 aliphatic heterocycles. The van der Waals surface area contributed by atoms with Gasteiger partial charge in [-0.15, -0.1) is 0 Å². The van der Waals surface area contributed by atoms with Gasteiger partial charge in [0.25, 0.3) is 11.6 Å². The van der Waals surface area contributed by atoms with Crippen LogP contribution in [0.25, 0.3) is 17.4 Å². The zero-order valence-corrected chi connectivity index (χ0v) is 17.0. The van der Waals surface area contributed by atoms with E-state index < -0.39 is 4.92 Å². The van der Waals surface area contributed by atoms with Crippen molar-refractivity contribution in [2.75, 3.05) is 4.90 Å². The minimum Gasteiger partial charge on any atom is -0.456 e. The van der Waals surface area contributed by atoms with Gasteiger partial charge in [-0.05, 0) is 61.0 Å². The molecule has 0 unspecified atom stereocenters. The molecule has 3 aromatic rings. The monoisotopic (exact) mass is 419 g/mol. The average Bonchev–Trinajstić information content (AvgIpc) is 3.28. The third-order valence-electron chi connectivity index (χ3n) is 4.70. The molecule has 1 fully saturated rings. The number of benzene rings is 2. The van der Waals surface area contributed by atoms with Crippen LogP contribution in [0.4, 0.5) is 11.4 Å². The van der Waals surface area contributed by atoms with Crippen LogP contribution in [0.1, 0.15) is 16.9 Å². The van der Waals surface area contributed by atoms with Crippen LogP contribution in [0.15, 0.2) is 63.9 Å². The third kappa shape index (κ3) is 3.53. The molecular formula is C22H17N3O4S. The van der Waals surface area contributed by atoms with Gasteiger partial charge in [-0.2, -0.15) is 0 Å². The van der Waals surface area contributed by atoms with E-state index in [9.17, 15) is 14.9 Å². The van der Waals surface area contributed by atoms with E-state index in [1.54, 1.807) is 36.4 Å². The molecule has 4 rings (SSSR count). The zero-order chi connectivity index (χ0) is 21.4. The lowest BCUT2D eigenvalue weighted by atomic mass is 10.1. The Morgan fingerprint density at radius 1 is 1.13 bits per heavy atom. The standard InChI is InChI=1S/C22H17N3O4S/c1-13-7-8-14(2)18(11-13)24-21(26)20(30-22(24)23)12-15-9-10-19(29-15)16-5-3-4-6-17(16)25(27)28/h3-12,23H,1-2H3/b20-12-,23-22?. The highest BCUT2D eigenvalue weighted by atomic mass is 32.2. The van der Waals surface area contributed by atoms with Gasteiger partial charge < -0.3 is 4.42 Å². The largest absolute Gasteiger partial charge is 0.456 e. The molecule has 0 bridgehead atoms. The van der Waals surface area contributed by atoms with Crippen molar-refractivity contribution >= 4 is 40.3 Å². The molecule has 2 aromatic carbocycles. The number of nitrogens with one attached hydrogen (secondary N) is 1. The molecule has 1 aromatic heterocycles. The van der Waals surface area contributed by atoms with Crippen LogP contribution in [0.2, 0.25) is 0 Å². The number of rotatable bonds is 4. The van der Waals surface area contributed by atoms with Gasteiger partial charge in [-0.1, -0.05) is 24.3 Å². The van der Waals surface area contributed by atoms with Crippen molar-refractivity contribution in [1.82, 2.24) is 0 Å². The van der Waals surface area contributed by atoms with Gasteiger partial charge in [0.1, 0.15) is 11.5 Å². The predicted molar refractivity (Wildman–Crippen MR) is 117 cm³/mol. The lowest BCUT2D eigenvalue weighted by Gasteiger charge is -2.17. The van der Waals surface area contributed by atoms with E-state index in [-0.39, 0.29) is 16.8 Å². The molecule has 150 valence electrons. The summed E-state index contributed by atoms with van der Waals surface area (Å²) in [6.07, 6.45) is 1.56. The number of thioether (sulfide) groups is 1. The Hall–Kier alpha value is -3.65. The summed E-state index contributed by atoms with van der Waals surface area (Å²) in [6, 6.07) is 15.4. The molecular weight excluding hydrogens is 402 g/mol. The molecule has 1 aliphatic rings. The summed E-state index contributed by atoms with van der Waals surface area (Å²) in [5, 5.41) is 19.6. The van der Waals surface area contributed by atoms with E-state index in [0.29, 0.717) is 27.7 Å². The van der Waals surface area contributed by atoms with Gasteiger partial charge in [0.2, 0.25) is 0 Å². The lowest BCUT2D eigenvalue weighted by Crippen LogP contribution is -2.28. The normalized spacial score (nSPS) is 15.3. The van der Waals surface area contributed by atoms with Crippen LogP contribution >= 0.6 is 11.8 Å². The molecule has 0 radical (unpaired) electrons. The number of amidine groups is 1. The second kappa shape index (κ2) is 7.64. The summed E-state index contributed by atoms with van der Waals surface area (Å²) >= 11 is 1.05. The summed E-state index contributed by atoms with van der Waals surface area (Å²) < 4.78 is 5.75. The second-order valence-corrected chi connectivity index (χ2v) is 7.85. The first kappa shape index (κ1) is 19.7. The summed E-state index contributed by atoms with van der Waals surface area (Å²) in [5.41, 5.74) is 2.89. The van der Waals surface area contributed by atoms with E-state index >= 15 is 0 Å². The number of furan rings is 1. The number of nitro benzene ring substituents is 1. The summed E-state index contributed by atoms with van der Waals surface area (Å²) in [7, 11) is 0. The maximum Gasteiger partial charge on any atom is 0.280 e. The summed E-state index contributed by atoms with van der Waals surface area (Å²) in [5.74, 6) is 0.419. The van der Waals surface area contributed by atoms with E-state index in [2.05, 4.69) is 0 Å². The highest BCUT2D eigenvalue weighted by Gasteiger charge is 2.34. The fraction of sp³-hybridized carbons (Fsp3) is 0.0909. The van der Waals surface area contributed by atoms with Crippen molar-refractivity contribution < 1.29 is 14.1 Å². The van der Waals surface area contributed by atoms with Gasteiger partial charge >= 0.3 is 0 Å². The Labute approximate surface area is 176 Å². The number of nitro groups is 1. The van der Waals surface area contributed by atoms with Crippen molar-refractivity contribution in [1.29, 1.82) is 5.41 Å². The maximum atomic E-state index is 13.0. The van der Waals surface area contributed by atoms with Crippen molar-refractivity contribution in [2.45, 2.75) is 13.8 Å². The van der Waals surface area contributed by atoms with Crippen LogP contribution < -0.4 is 4.90 Å². The number of hydrogen-bond donors (Lipinski definition) is 1. The van der Waals surface area contributed by atoms with Crippen molar-refractivity contribution in [3.63, 3.8) is 0 Å². The van der Waals surface area contributed by atoms with E-state index in [0.717, 1.165) is 22.9 Å². The van der Waals surface area contributed by atoms with E-state index in [1.165, 1.54) is 11.0 Å². The van der Waals surface area contributed by atoms with Crippen molar-refractivity contribution in [3.05, 3.63) is 86.5 Å². The van der Waals surface area contributed by atoms with E-state index in [1.807, 2.05) is 32.0 Å². The van der Waals surface area contributed by atoms with Crippen LogP contribution in [0, 0.1) is 29.4 Å². The van der Waals surface area contributed by atoms with Crippen LogP contribution in [-0.2, 0) is 4.79 Å². The minimum absolute atomic E-state index is 0.0553. The fourth-order valence-corrected chi connectivity index (χ4v) is 4.05. The highest BCUT2D eigenvalue weighted by Crippen LogP contribution is 2.38. The Bertz CT molecular complexity index is 1230. The first-order valence-electron chi connectivity index (χ1n) is 9.08. The highest BCUT2D eigenvalue weighted by molar-refractivity contribution is 8.19. The molecule has 1 amide bonds. The van der Waals surface area contributed by atoms with Crippen LogP contribution in [0.5, 0.6) is 0 Å². The molecule has 0 saturated carbocycles. The average molecular weight is 419 g/mol. The summed E-state index contributed by atoms with van der Waals surface area (Å²) in [4.78, 5) is 25.5. The van der Waals surface area contributed by atoms with Crippen molar-refractivity contribution in [3.8, 4) is 11.3 Å².